The second-order valence-electron chi connectivity index (χ2n) is 8.23. The maximum atomic E-state index is 13.1. The van der Waals surface area contributed by atoms with Gasteiger partial charge in [-0.05, 0) is 50.3 Å². The van der Waals surface area contributed by atoms with Crippen LogP contribution in [0.5, 0.6) is 5.75 Å². The van der Waals surface area contributed by atoms with Crippen molar-refractivity contribution in [1.82, 2.24) is 9.21 Å². The summed E-state index contributed by atoms with van der Waals surface area (Å²) in [4.78, 5) is 15.1. The normalized spacial score (nSPS) is 26.4. The molecule has 7 heteroatoms. The summed E-state index contributed by atoms with van der Waals surface area (Å²) in [5, 5.41) is 0. The van der Waals surface area contributed by atoms with E-state index in [1.165, 1.54) is 6.42 Å². The Morgan fingerprint density at radius 3 is 2.25 bits per heavy atom. The maximum Gasteiger partial charge on any atom is 0.264 e. The van der Waals surface area contributed by atoms with E-state index in [1.807, 2.05) is 11.8 Å². The molecule has 0 bridgehead atoms. The maximum absolute atomic E-state index is 13.1. The topological polar surface area (TPSA) is 66.9 Å². The van der Waals surface area contributed by atoms with Crippen LogP contribution in [0.4, 0.5) is 0 Å². The van der Waals surface area contributed by atoms with Crippen molar-refractivity contribution in [3.8, 4) is 5.75 Å². The van der Waals surface area contributed by atoms with E-state index in [0.717, 1.165) is 57.2 Å². The van der Waals surface area contributed by atoms with Gasteiger partial charge in [-0.15, -0.1) is 0 Å². The Hall–Kier alpha value is -1.60. The van der Waals surface area contributed by atoms with E-state index in [4.69, 9.17) is 4.74 Å². The van der Waals surface area contributed by atoms with Crippen LogP contribution in [0, 0.1) is 0 Å². The number of hydrogen-bond donors (Lipinski definition) is 0. The highest BCUT2D eigenvalue weighted by atomic mass is 32.2. The van der Waals surface area contributed by atoms with Crippen molar-refractivity contribution in [1.29, 1.82) is 0 Å². The molecule has 1 aromatic carbocycles. The monoisotopic (exact) mass is 406 g/mol. The molecule has 4 rings (SSSR count). The van der Waals surface area contributed by atoms with E-state index in [-0.39, 0.29) is 11.8 Å². The first-order valence-corrected chi connectivity index (χ1v) is 12.0. The molecule has 0 saturated carbocycles. The van der Waals surface area contributed by atoms with Gasteiger partial charge in [-0.1, -0.05) is 19.8 Å². The molecular weight excluding hydrogens is 376 g/mol. The minimum atomic E-state index is -3.51. The van der Waals surface area contributed by atoms with Crippen LogP contribution in [0.3, 0.4) is 0 Å². The SMILES string of the molecule is CC1c2cc(S(=O)(=O)N3CCCCCC3)ccc2OC1C(=O)N1CCCCC1. The minimum Gasteiger partial charge on any atom is -0.480 e. The van der Waals surface area contributed by atoms with Gasteiger partial charge in [0.25, 0.3) is 5.91 Å². The van der Waals surface area contributed by atoms with Crippen LogP contribution in [0.2, 0.25) is 0 Å². The zero-order valence-electron chi connectivity index (χ0n) is 16.6. The summed E-state index contributed by atoms with van der Waals surface area (Å²) < 4.78 is 33.8. The molecule has 3 heterocycles. The van der Waals surface area contributed by atoms with Gasteiger partial charge in [-0.2, -0.15) is 4.31 Å². The number of nitrogens with zero attached hydrogens (tertiary/aromatic N) is 2. The Labute approximate surface area is 167 Å². The van der Waals surface area contributed by atoms with Crippen molar-refractivity contribution >= 4 is 15.9 Å². The highest BCUT2D eigenvalue weighted by Crippen LogP contribution is 2.40. The lowest BCUT2D eigenvalue weighted by molar-refractivity contribution is -0.139. The van der Waals surface area contributed by atoms with Gasteiger partial charge in [0.2, 0.25) is 10.0 Å². The predicted octanol–water partition coefficient (Wildman–Crippen LogP) is 3.13. The fourth-order valence-corrected chi connectivity index (χ4v) is 6.09. The Morgan fingerprint density at radius 1 is 0.964 bits per heavy atom. The van der Waals surface area contributed by atoms with Gasteiger partial charge in [-0.25, -0.2) is 8.42 Å². The van der Waals surface area contributed by atoms with Gasteiger partial charge in [-0.3, -0.25) is 4.79 Å². The standard InChI is InChI=1S/C21H30N2O4S/c1-16-18-15-17(28(25,26)23-13-7-2-3-8-14-23)9-10-19(18)27-20(16)21(24)22-11-5-4-6-12-22/h9-10,15-16,20H,2-8,11-14H2,1H3. The molecule has 2 fully saturated rings. The zero-order valence-corrected chi connectivity index (χ0v) is 17.4. The van der Waals surface area contributed by atoms with Crippen LogP contribution >= 0.6 is 0 Å². The molecule has 0 N–H and O–H groups in total. The molecule has 0 radical (unpaired) electrons. The molecule has 1 aromatic rings. The van der Waals surface area contributed by atoms with Gasteiger partial charge in [0.1, 0.15) is 5.75 Å². The summed E-state index contributed by atoms with van der Waals surface area (Å²) in [5.41, 5.74) is 0.825. The van der Waals surface area contributed by atoms with Crippen molar-refractivity contribution in [3.05, 3.63) is 23.8 Å². The van der Waals surface area contributed by atoms with Crippen molar-refractivity contribution in [2.24, 2.45) is 0 Å². The van der Waals surface area contributed by atoms with Crippen LogP contribution in [0.25, 0.3) is 0 Å². The molecule has 3 aliphatic rings. The van der Waals surface area contributed by atoms with E-state index < -0.39 is 16.1 Å². The van der Waals surface area contributed by atoms with Crippen molar-refractivity contribution in [2.75, 3.05) is 26.2 Å². The van der Waals surface area contributed by atoms with Crippen molar-refractivity contribution in [3.63, 3.8) is 0 Å². The molecule has 0 spiro atoms. The fourth-order valence-electron chi connectivity index (χ4n) is 4.54. The molecule has 0 aromatic heterocycles. The molecular formula is C21H30N2O4S. The van der Waals surface area contributed by atoms with Gasteiger partial charge < -0.3 is 9.64 Å². The number of piperidine rings is 1. The lowest BCUT2D eigenvalue weighted by Gasteiger charge is -2.29. The predicted molar refractivity (Wildman–Crippen MR) is 107 cm³/mol. The molecule has 154 valence electrons. The Kier molecular flexibility index (Phi) is 5.65. The van der Waals surface area contributed by atoms with E-state index in [0.29, 0.717) is 23.7 Å². The Bertz CT molecular complexity index is 825. The minimum absolute atomic E-state index is 0.0281. The van der Waals surface area contributed by atoms with Crippen LogP contribution < -0.4 is 4.74 Å². The third-order valence-electron chi connectivity index (χ3n) is 6.29. The highest BCUT2D eigenvalue weighted by molar-refractivity contribution is 7.89. The molecule has 2 unspecified atom stereocenters. The Balaban J connectivity index is 1.55. The summed E-state index contributed by atoms with van der Waals surface area (Å²) in [6.07, 6.45) is 6.69. The number of benzene rings is 1. The molecule has 0 aliphatic carbocycles. The van der Waals surface area contributed by atoms with Crippen LogP contribution in [-0.4, -0.2) is 55.8 Å². The molecule has 6 nitrogen and oxygen atoms in total. The number of amides is 1. The fraction of sp³-hybridized carbons (Fsp3) is 0.667. The third-order valence-corrected chi connectivity index (χ3v) is 8.19. The summed E-state index contributed by atoms with van der Waals surface area (Å²) in [6, 6.07) is 5.07. The Morgan fingerprint density at radius 2 is 1.57 bits per heavy atom. The number of ether oxygens (including phenoxy) is 1. The number of hydrogen-bond acceptors (Lipinski definition) is 4. The average molecular weight is 407 g/mol. The van der Waals surface area contributed by atoms with Crippen molar-refractivity contribution < 1.29 is 17.9 Å². The van der Waals surface area contributed by atoms with Crippen LogP contribution in [0.15, 0.2) is 23.1 Å². The first-order valence-electron chi connectivity index (χ1n) is 10.6. The number of likely N-dealkylation sites (tertiary alicyclic amines) is 1. The van der Waals surface area contributed by atoms with E-state index in [1.54, 1.807) is 22.5 Å². The second kappa shape index (κ2) is 8.03. The van der Waals surface area contributed by atoms with E-state index >= 15 is 0 Å². The van der Waals surface area contributed by atoms with E-state index in [2.05, 4.69) is 0 Å². The number of sulfonamides is 1. The lowest BCUT2D eigenvalue weighted by Crippen LogP contribution is -2.44. The smallest absolute Gasteiger partial charge is 0.264 e. The van der Waals surface area contributed by atoms with Gasteiger partial charge in [0.15, 0.2) is 6.10 Å². The van der Waals surface area contributed by atoms with Gasteiger partial charge >= 0.3 is 0 Å². The van der Waals surface area contributed by atoms with Crippen LogP contribution in [0.1, 0.15) is 63.4 Å². The van der Waals surface area contributed by atoms with Gasteiger partial charge in [0, 0.05) is 37.7 Å². The number of carbonyl (C=O) groups excluding carboxylic acids is 1. The average Bonchev–Trinajstić information content (AvgIpc) is 2.89. The first kappa shape index (κ1) is 19.7. The van der Waals surface area contributed by atoms with E-state index in [9.17, 15) is 13.2 Å². The highest BCUT2D eigenvalue weighted by Gasteiger charge is 2.40. The first-order chi connectivity index (χ1) is 13.5. The summed E-state index contributed by atoms with van der Waals surface area (Å²) in [5.74, 6) is 0.515. The van der Waals surface area contributed by atoms with Crippen LogP contribution in [-0.2, 0) is 14.8 Å². The number of rotatable bonds is 3. The second-order valence-corrected chi connectivity index (χ2v) is 10.2. The summed E-state index contributed by atoms with van der Waals surface area (Å²) in [6.45, 7) is 4.70. The van der Waals surface area contributed by atoms with Crippen molar-refractivity contribution in [2.45, 2.75) is 68.8 Å². The number of fused-ring (bicyclic) bond motifs is 1. The molecule has 2 atom stereocenters. The largest absolute Gasteiger partial charge is 0.480 e. The lowest BCUT2D eigenvalue weighted by atomic mass is 9.96. The number of carbonyl (C=O) groups is 1. The quantitative estimate of drug-likeness (QED) is 0.773. The molecule has 3 aliphatic heterocycles. The summed E-state index contributed by atoms with van der Waals surface area (Å²) in [7, 11) is -3.51. The van der Waals surface area contributed by atoms with Gasteiger partial charge in [0.05, 0.1) is 4.90 Å². The molecule has 28 heavy (non-hydrogen) atoms. The zero-order chi connectivity index (χ0) is 19.7. The third kappa shape index (κ3) is 3.66. The molecule has 2 saturated heterocycles. The summed E-state index contributed by atoms with van der Waals surface area (Å²) >= 11 is 0. The molecule has 1 amide bonds.